The predicted octanol–water partition coefficient (Wildman–Crippen LogP) is 2.18. The van der Waals surface area contributed by atoms with E-state index in [9.17, 15) is 0 Å². The summed E-state index contributed by atoms with van der Waals surface area (Å²) in [5, 5.41) is 0. The van der Waals surface area contributed by atoms with Gasteiger partial charge in [0.2, 0.25) is 0 Å². The molecular weight excluding hydrogens is 150 g/mol. The highest BCUT2D eigenvalue weighted by atomic mass is 16.5. The quantitative estimate of drug-likeness (QED) is 0.647. The minimum Gasteiger partial charge on any atom is -0.385 e. The third kappa shape index (κ3) is 5.56. The second-order valence-corrected chi connectivity index (χ2v) is 4.46. The monoisotopic (exact) mass is 173 g/mol. The van der Waals surface area contributed by atoms with Crippen LogP contribution in [-0.2, 0) is 4.74 Å². The molecule has 0 bridgehead atoms. The number of hydrogen-bond donors (Lipinski definition) is 1. The molecule has 0 saturated carbocycles. The highest BCUT2D eigenvalue weighted by Gasteiger charge is 2.19. The minimum absolute atomic E-state index is 0.243. The molecule has 0 aliphatic carbocycles. The summed E-state index contributed by atoms with van der Waals surface area (Å²) >= 11 is 0. The molecular formula is C10H23NO. The molecule has 0 aromatic rings. The molecule has 2 heteroatoms. The predicted molar refractivity (Wildman–Crippen MR) is 53.2 cm³/mol. The first kappa shape index (κ1) is 11.9. The summed E-state index contributed by atoms with van der Waals surface area (Å²) in [5.41, 5.74) is 6.24. The molecule has 74 valence electrons. The second-order valence-electron chi connectivity index (χ2n) is 4.46. The van der Waals surface area contributed by atoms with Crippen molar-refractivity contribution in [1.29, 1.82) is 0 Å². The Kier molecular flexibility index (Phi) is 5.51. The van der Waals surface area contributed by atoms with Gasteiger partial charge in [0.15, 0.2) is 0 Å². The Hall–Kier alpha value is -0.0800. The van der Waals surface area contributed by atoms with Crippen LogP contribution >= 0.6 is 0 Å². The fourth-order valence-electron chi connectivity index (χ4n) is 1.04. The summed E-state index contributed by atoms with van der Waals surface area (Å²) in [6.45, 7) is 7.42. The Balaban J connectivity index is 3.38. The number of hydrogen-bond acceptors (Lipinski definition) is 2. The lowest BCUT2D eigenvalue weighted by atomic mass is 9.84. The highest BCUT2D eigenvalue weighted by molar-refractivity contribution is 4.76. The van der Waals surface area contributed by atoms with E-state index in [0.717, 1.165) is 19.4 Å². The van der Waals surface area contributed by atoms with Gasteiger partial charge in [0.25, 0.3) is 0 Å². The molecule has 0 aliphatic rings. The van der Waals surface area contributed by atoms with Crippen molar-refractivity contribution >= 4 is 0 Å². The Labute approximate surface area is 76.5 Å². The smallest absolute Gasteiger partial charge is 0.0462 e. The lowest BCUT2D eigenvalue weighted by molar-refractivity contribution is 0.188. The number of ether oxygens (including phenoxy) is 1. The third-order valence-corrected chi connectivity index (χ3v) is 2.23. The van der Waals surface area contributed by atoms with Crippen LogP contribution in [-0.4, -0.2) is 19.8 Å². The number of methoxy groups -OCH3 is 1. The van der Waals surface area contributed by atoms with E-state index in [1.54, 1.807) is 7.11 Å². The molecule has 2 nitrogen and oxygen atoms in total. The average molecular weight is 173 g/mol. The lowest BCUT2D eigenvalue weighted by Gasteiger charge is -2.26. The van der Waals surface area contributed by atoms with Crippen LogP contribution in [0.3, 0.4) is 0 Å². The summed E-state index contributed by atoms with van der Waals surface area (Å²) in [6, 6.07) is 0.314. The molecule has 2 N–H and O–H groups in total. The molecule has 0 spiro atoms. The van der Waals surface area contributed by atoms with Crippen molar-refractivity contribution < 1.29 is 4.74 Å². The topological polar surface area (TPSA) is 35.2 Å². The molecule has 0 heterocycles. The van der Waals surface area contributed by atoms with Crippen molar-refractivity contribution in [3.05, 3.63) is 0 Å². The molecule has 1 atom stereocenters. The van der Waals surface area contributed by atoms with Crippen molar-refractivity contribution in [2.45, 2.75) is 46.1 Å². The molecule has 0 saturated heterocycles. The first-order valence-corrected chi connectivity index (χ1v) is 4.73. The zero-order valence-corrected chi connectivity index (χ0v) is 8.89. The summed E-state index contributed by atoms with van der Waals surface area (Å²) in [7, 11) is 1.74. The van der Waals surface area contributed by atoms with Gasteiger partial charge in [-0.15, -0.1) is 0 Å². The minimum atomic E-state index is 0.243. The summed E-state index contributed by atoms with van der Waals surface area (Å²) < 4.78 is 4.97. The Bertz CT molecular complexity index is 107. The molecule has 0 rings (SSSR count). The van der Waals surface area contributed by atoms with Gasteiger partial charge in [-0.2, -0.15) is 0 Å². The summed E-state index contributed by atoms with van der Waals surface area (Å²) in [5.74, 6) is 0. The molecule has 0 fully saturated rings. The zero-order chi connectivity index (χ0) is 9.61. The van der Waals surface area contributed by atoms with Crippen LogP contribution in [0.25, 0.3) is 0 Å². The largest absolute Gasteiger partial charge is 0.385 e. The SMILES string of the molecule is COCCCCC(N)C(C)(C)C. The van der Waals surface area contributed by atoms with Crippen LogP contribution in [0.2, 0.25) is 0 Å². The van der Waals surface area contributed by atoms with E-state index >= 15 is 0 Å². The van der Waals surface area contributed by atoms with Crippen molar-refractivity contribution in [3.63, 3.8) is 0 Å². The van der Waals surface area contributed by atoms with E-state index in [4.69, 9.17) is 10.5 Å². The maximum Gasteiger partial charge on any atom is 0.0462 e. The molecule has 1 unspecified atom stereocenters. The lowest BCUT2D eigenvalue weighted by Crippen LogP contribution is -2.34. The van der Waals surface area contributed by atoms with Crippen molar-refractivity contribution in [2.24, 2.45) is 11.1 Å². The molecule has 0 aromatic carbocycles. The van der Waals surface area contributed by atoms with E-state index in [-0.39, 0.29) is 5.41 Å². The van der Waals surface area contributed by atoms with Crippen LogP contribution in [0.5, 0.6) is 0 Å². The van der Waals surface area contributed by atoms with Crippen LogP contribution in [0.15, 0.2) is 0 Å². The van der Waals surface area contributed by atoms with Crippen molar-refractivity contribution in [1.82, 2.24) is 0 Å². The second kappa shape index (κ2) is 5.55. The fourth-order valence-corrected chi connectivity index (χ4v) is 1.04. The number of nitrogens with two attached hydrogens (primary N) is 1. The van der Waals surface area contributed by atoms with E-state index < -0.39 is 0 Å². The van der Waals surface area contributed by atoms with Crippen molar-refractivity contribution in [3.8, 4) is 0 Å². The molecule has 0 radical (unpaired) electrons. The van der Waals surface area contributed by atoms with E-state index in [1.807, 2.05) is 0 Å². The summed E-state index contributed by atoms with van der Waals surface area (Å²) in [6.07, 6.45) is 3.40. The first-order valence-electron chi connectivity index (χ1n) is 4.73. The Morgan fingerprint density at radius 2 is 1.83 bits per heavy atom. The number of rotatable bonds is 5. The molecule has 0 aliphatic heterocycles. The van der Waals surface area contributed by atoms with Gasteiger partial charge in [0.1, 0.15) is 0 Å². The molecule has 0 amide bonds. The fraction of sp³-hybridized carbons (Fsp3) is 1.00. The highest BCUT2D eigenvalue weighted by Crippen LogP contribution is 2.21. The summed E-state index contributed by atoms with van der Waals surface area (Å²) in [4.78, 5) is 0. The van der Waals surface area contributed by atoms with Gasteiger partial charge in [-0.05, 0) is 24.7 Å². The maximum atomic E-state index is 5.99. The Morgan fingerprint density at radius 3 is 2.25 bits per heavy atom. The van der Waals surface area contributed by atoms with E-state index in [0.29, 0.717) is 6.04 Å². The van der Waals surface area contributed by atoms with Gasteiger partial charge >= 0.3 is 0 Å². The normalized spacial score (nSPS) is 14.8. The van der Waals surface area contributed by atoms with Gasteiger partial charge in [0, 0.05) is 19.8 Å². The van der Waals surface area contributed by atoms with Gasteiger partial charge in [-0.3, -0.25) is 0 Å². The maximum absolute atomic E-state index is 5.99. The van der Waals surface area contributed by atoms with E-state index in [1.165, 1.54) is 6.42 Å². The van der Waals surface area contributed by atoms with Crippen LogP contribution < -0.4 is 5.73 Å². The first-order chi connectivity index (χ1) is 5.48. The van der Waals surface area contributed by atoms with E-state index in [2.05, 4.69) is 20.8 Å². The van der Waals surface area contributed by atoms with Crippen LogP contribution in [0.1, 0.15) is 40.0 Å². The molecule has 0 aromatic heterocycles. The average Bonchev–Trinajstić information content (AvgIpc) is 1.96. The molecule has 12 heavy (non-hydrogen) atoms. The third-order valence-electron chi connectivity index (χ3n) is 2.23. The van der Waals surface area contributed by atoms with Gasteiger partial charge in [0.05, 0.1) is 0 Å². The zero-order valence-electron chi connectivity index (χ0n) is 8.89. The van der Waals surface area contributed by atoms with Crippen LogP contribution in [0.4, 0.5) is 0 Å². The van der Waals surface area contributed by atoms with Gasteiger partial charge < -0.3 is 10.5 Å². The number of unbranched alkanes of at least 4 members (excludes halogenated alkanes) is 1. The van der Waals surface area contributed by atoms with Gasteiger partial charge in [-0.1, -0.05) is 20.8 Å². The van der Waals surface area contributed by atoms with Crippen LogP contribution in [0, 0.1) is 5.41 Å². The Morgan fingerprint density at radius 1 is 1.25 bits per heavy atom. The standard InChI is InChI=1S/C10H23NO/c1-10(2,3)9(11)7-5-6-8-12-4/h9H,5-8,11H2,1-4H3. The van der Waals surface area contributed by atoms with Gasteiger partial charge in [-0.25, -0.2) is 0 Å². The van der Waals surface area contributed by atoms with Crippen molar-refractivity contribution in [2.75, 3.05) is 13.7 Å².